The van der Waals surface area contributed by atoms with E-state index in [4.69, 9.17) is 0 Å². The van der Waals surface area contributed by atoms with Gasteiger partial charge in [-0.15, -0.1) is 0 Å². The summed E-state index contributed by atoms with van der Waals surface area (Å²) >= 11 is 1.67. The van der Waals surface area contributed by atoms with Crippen molar-refractivity contribution in [3.8, 4) is 0 Å². The molecule has 2 heterocycles. The molecule has 1 aromatic heterocycles. The highest BCUT2D eigenvalue weighted by Crippen LogP contribution is 2.40. The molecule has 1 aliphatic rings. The van der Waals surface area contributed by atoms with Gasteiger partial charge in [-0.3, -0.25) is 4.99 Å². The van der Waals surface area contributed by atoms with E-state index in [1.54, 1.807) is 18.0 Å². The second-order valence-electron chi connectivity index (χ2n) is 3.29. The number of hydrogen-bond donors (Lipinski definition) is 0. The van der Waals surface area contributed by atoms with Crippen molar-refractivity contribution in [2.45, 2.75) is 11.8 Å². The minimum atomic E-state index is 0.864. The number of anilines is 1. The zero-order valence-electron chi connectivity index (χ0n) is 9.21. The number of aromatic nitrogens is 1. The van der Waals surface area contributed by atoms with Crippen molar-refractivity contribution in [2.75, 3.05) is 11.9 Å². The second kappa shape index (κ2) is 4.49. The predicted molar refractivity (Wildman–Crippen MR) is 69.2 cm³/mol. The van der Waals surface area contributed by atoms with Gasteiger partial charge in [-0.05, 0) is 25.8 Å². The van der Waals surface area contributed by atoms with E-state index in [1.165, 1.54) is 6.34 Å². The molecule has 5 heteroatoms. The average Bonchev–Trinajstić information content (AvgIpc) is 2.29. The number of rotatable bonds is 2. The van der Waals surface area contributed by atoms with Crippen molar-refractivity contribution in [1.82, 2.24) is 4.98 Å². The van der Waals surface area contributed by atoms with Gasteiger partial charge in [-0.1, -0.05) is 11.8 Å². The zero-order valence-corrected chi connectivity index (χ0v) is 10.0. The number of fused-ring (bicyclic) bond motifs is 1. The van der Waals surface area contributed by atoms with E-state index in [0.29, 0.717) is 0 Å². The van der Waals surface area contributed by atoms with E-state index in [0.717, 1.165) is 21.4 Å². The van der Waals surface area contributed by atoms with Gasteiger partial charge in [0.25, 0.3) is 0 Å². The molecule has 0 saturated carbocycles. The van der Waals surface area contributed by atoms with E-state index >= 15 is 0 Å². The van der Waals surface area contributed by atoms with Gasteiger partial charge in [0.2, 0.25) is 0 Å². The number of allylic oxidation sites excluding steroid dienone is 1. The van der Waals surface area contributed by atoms with Crippen molar-refractivity contribution in [3.63, 3.8) is 0 Å². The van der Waals surface area contributed by atoms with Crippen LogP contribution in [0, 0.1) is 0 Å². The Labute approximate surface area is 98.8 Å². The molecule has 1 aromatic rings. The molecule has 0 unspecified atom stereocenters. The van der Waals surface area contributed by atoms with Crippen LogP contribution < -0.4 is 4.90 Å². The third kappa shape index (κ3) is 1.86. The molecule has 16 heavy (non-hydrogen) atoms. The molecule has 4 nitrogen and oxygen atoms in total. The van der Waals surface area contributed by atoms with Gasteiger partial charge in [0.1, 0.15) is 18.0 Å². The minimum absolute atomic E-state index is 0.864. The largest absolute Gasteiger partial charge is 0.312 e. The summed E-state index contributed by atoms with van der Waals surface area (Å²) in [7, 11) is 1.95. The molecule has 2 rings (SSSR count). The van der Waals surface area contributed by atoms with Crippen LogP contribution in [-0.2, 0) is 0 Å². The van der Waals surface area contributed by atoms with Crippen LogP contribution in [0.15, 0.2) is 43.9 Å². The van der Waals surface area contributed by atoms with Crippen LogP contribution >= 0.6 is 11.8 Å². The topological polar surface area (TPSA) is 40.9 Å². The maximum absolute atomic E-state index is 4.34. The van der Waals surface area contributed by atoms with Crippen LogP contribution in [0.1, 0.15) is 6.92 Å². The summed E-state index contributed by atoms with van der Waals surface area (Å²) in [5.74, 6) is 1.79. The van der Waals surface area contributed by atoms with Gasteiger partial charge in [0.05, 0.1) is 4.90 Å². The molecule has 82 valence electrons. The Morgan fingerprint density at radius 3 is 3.12 bits per heavy atom. The molecular weight excluding hydrogens is 220 g/mol. The van der Waals surface area contributed by atoms with E-state index in [9.17, 15) is 0 Å². The number of aliphatic imine (C=N–C) groups is 2. The number of hydrogen-bond acceptors (Lipinski definition) is 4. The molecule has 0 bridgehead atoms. The summed E-state index contributed by atoms with van der Waals surface area (Å²) < 4.78 is 0. The lowest BCUT2D eigenvalue weighted by atomic mass is 10.4. The smallest absolute Gasteiger partial charge is 0.147 e. The summed E-state index contributed by atoms with van der Waals surface area (Å²) in [6, 6.07) is 3.99. The standard InChI is InChI=1S/C11H12N4S/c1-8-10(14-7-12-2)15(3)11-9(16-8)5-4-6-13-11/h4-7H,2H2,1,3H3/b14-7-. The quantitative estimate of drug-likeness (QED) is 0.581. The molecule has 0 spiro atoms. The zero-order chi connectivity index (χ0) is 11.5. The lowest BCUT2D eigenvalue weighted by molar-refractivity contribution is 0.975. The van der Waals surface area contributed by atoms with Gasteiger partial charge in [0, 0.05) is 18.1 Å². The Morgan fingerprint density at radius 1 is 1.56 bits per heavy atom. The molecule has 0 aliphatic carbocycles. The van der Waals surface area contributed by atoms with Crippen molar-refractivity contribution >= 4 is 30.6 Å². The lowest BCUT2D eigenvalue weighted by Gasteiger charge is -2.26. The molecule has 0 saturated heterocycles. The van der Waals surface area contributed by atoms with Crippen molar-refractivity contribution in [2.24, 2.45) is 9.98 Å². The Balaban J connectivity index is 2.43. The molecule has 0 N–H and O–H groups in total. The fraction of sp³-hybridized carbons (Fsp3) is 0.182. The SMILES string of the molecule is C=N/C=N\C1=C(C)Sc2cccnc2N1C. The first-order chi connectivity index (χ1) is 7.74. The fourth-order valence-electron chi connectivity index (χ4n) is 1.53. The molecule has 0 aromatic carbocycles. The van der Waals surface area contributed by atoms with Gasteiger partial charge >= 0.3 is 0 Å². The second-order valence-corrected chi connectivity index (χ2v) is 4.55. The minimum Gasteiger partial charge on any atom is -0.312 e. The lowest BCUT2D eigenvalue weighted by Crippen LogP contribution is -2.20. The predicted octanol–water partition coefficient (Wildman–Crippen LogP) is 2.54. The van der Waals surface area contributed by atoms with Crippen LogP contribution in [0.5, 0.6) is 0 Å². The highest BCUT2D eigenvalue weighted by Gasteiger charge is 2.21. The molecule has 0 amide bonds. The average molecular weight is 232 g/mol. The van der Waals surface area contributed by atoms with Crippen molar-refractivity contribution in [3.05, 3.63) is 29.1 Å². The third-order valence-corrected chi connectivity index (χ3v) is 3.25. The first-order valence-corrected chi connectivity index (χ1v) is 5.61. The monoisotopic (exact) mass is 232 g/mol. The van der Waals surface area contributed by atoms with Crippen molar-refractivity contribution in [1.29, 1.82) is 0 Å². The Kier molecular flexibility index (Phi) is 3.05. The normalized spacial score (nSPS) is 15.5. The summed E-state index contributed by atoms with van der Waals surface area (Å²) in [5, 5.41) is 0. The molecule has 0 fully saturated rings. The Bertz CT molecular complexity index is 479. The van der Waals surface area contributed by atoms with Crippen molar-refractivity contribution < 1.29 is 0 Å². The highest BCUT2D eigenvalue weighted by molar-refractivity contribution is 8.03. The fourth-order valence-corrected chi connectivity index (χ4v) is 2.57. The number of pyridine rings is 1. The van der Waals surface area contributed by atoms with E-state index in [-0.39, 0.29) is 0 Å². The van der Waals surface area contributed by atoms with Gasteiger partial charge in [-0.2, -0.15) is 0 Å². The maximum Gasteiger partial charge on any atom is 0.147 e. The van der Waals surface area contributed by atoms with Crippen LogP contribution in [0.3, 0.4) is 0 Å². The van der Waals surface area contributed by atoms with Crippen LogP contribution in [-0.4, -0.2) is 25.1 Å². The van der Waals surface area contributed by atoms with Crippen LogP contribution in [0.2, 0.25) is 0 Å². The first-order valence-electron chi connectivity index (χ1n) is 4.80. The van der Waals surface area contributed by atoms with Crippen LogP contribution in [0.4, 0.5) is 5.82 Å². The molecule has 0 atom stereocenters. The highest BCUT2D eigenvalue weighted by atomic mass is 32.2. The van der Waals surface area contributed by atoms with E-state index in [1.807, 2.05) is 24.9 Å². The van der Waals surface area contributed by atoms with E-state index < -0.39 is 0 Å². The number of thioether (sulfide) groups is 1. The molecular formula is C11H12N4S. The summed E-state index contributed by atoms with van der Waals surface area (Å²) in [5.41, 5.74) is 0. The van der Waals surface area contributed by atoms with E-state index in [2.05, 4.69) is 27.8 Å². The summed E-state index contributed by atoms with van der Waals surface area (Å²) in [6.07, 6.45) is 3.23. The van der Waals surface area contributed by atoms with Gasteiger partial charge < -0.3 is 4.90 Å². The molecule has 0 radical (unpaired) electrons. The van der Waals surface area contributed by atoms with Gasteiger partial charge in [0.15, 0.2) is 0 Å². The first kappa shape index (κ1) is 10.9. The summed E-state index contributed by atoms with van der Waals surface area (Å²) in [6.45, 7) is 5.41. The van der Waals surface area contributed by atoms with Crippen LogP contribution in [0.25, 0.3) is 0 Å². The maximum atomic E-state index is 4.34. The number of nitrogens with zero attached hydrogens (tertiary/aromatic N) is 4. The van der Waals surface area contributed by atoms with Gasteiger partial charge in [-0.25, -0.2) is 9.98 Å². The third-order valence-electron chi connectivity index (χ3n) is 2.23. The molecule has 1 aliphatic heterocycles. The Morgan fingerprint density at radius 2 is 2.38 bits per heavy atom. The summed E-state index contributed by atoms with van der Waals surface area (Å²) in [4.78, 5) is 16.5. The Hall–Kier alpha value is -1.62.